The van der Waals surface area contributed by atoms with Crippen LogP contribution in [0.5, 0.6) is 0 Å². The van der Waals surface area contributed by atoms with Gasteiger partial charge in [0.05, 0.1) is 16.7 Å². The van der Waals surface area contributed by atoms with Gasteiger partial charge in [0.25, 0.3) is 5.69 Å². The highest BCUT2D eigenvalue weighted by atomic mass is 32.1. The maximum absolute atomic E-state index is 12.0. The summed E-state index contributed by atoms with van der Waals surface area (Å²) in [6, 6.07) is 2.74. The number of non-ortho nitro benzene ring substituents is 1. The van der Waals surface area contributed by atoms with E-state index in [-0.39, 0.29) is 28.3 Å². The minimum atomic E-state index is -0.851. The lowest BCUT2D eigenvalue weighted by atomic mass is 9.81. The second-order valence-electron chi connectivity index (χ2n) is 4.61. The number of aromatic nitrogens is 2. The Hall–Kier alpha value is -2.22. The summed E-state index contributed by atoms with van der Waals surface area (Å²) >= 11 is 0.838. The number of carbonyl (C=O) groups excluding carboxylic acids is 2. The quantitative estimate of drug-likeness (QED) is 0.476. The molecule has 2 aromatic rings. The van der Waals surface area contributed by atoms with E-state index in [1.165, 1.54) is 12.1 Å². The number of benzene rings is 1. The van der Waals surface area contributed by atoms with E-state index in [1.807, 2.05) is 0 Å². The van der Waals surface area contributed by atoms with Crippen LogP contribution < -0.4 is 0 Å². The summed E-state index contributed by atoms with van der Waals surface area (Å²) in [6.07, 6.45) is 1.28. The number of carbonyl (C=O) groups is 2. The number of Topliss-reactive ketones (excluding diaryl/α,β-unsaturated/α-hetero) is 2. The standard InChI is InChI=1S/C12H9N3O4S/c16-8-2-1-3-9(17)10(8)6-4-5-7(15(18)19)12-11(6)13-20-14-12/h4-5,10H,1-3H2. The molecule has 1 saturated carbocycles. The average molecular weight is 291 g/mol. The molecule has 7 nitrogen and oxygen atoms in total. The zero-order valence-corrected chi connectivity index (χ0v) is 11.1. The molecule has 0 N–H and O–H groups in total. The van der Waals surface area contributed by atoms with Crippen LogP contribution >= 0.6 is 11.7 Å². The Kier molecular flexibility index (Phi) is 3.01. The fourth-order valence-corrected chi connectivity index (χ4v) is 3.08. The van der Waals surface area contributed by atoms with Gasteiger partial charge in [0.2, 0.25) is 0 Å². The number of ketones is 2. The van der Waals surface area contributed by atoms with Gasteiger partial charge >= 0.3 is 0 Å². The summed E-state index contributed by atoms with van der Waals surface area (Å²) in [4.78, 5) is 34.4. The van der Waals surface area contributed by atoms with Crippen molar-refractivity contribution in [2.45, 2.75) is 25.2 Å². The van der Waals surface area contributed by atoms with Crippen molar-refractivity contribution in [2.24, 2.45) is 0 Å². The third-order valence-corrected chi connectivity index (χ3v) is 3.95. The lowest BCUT2D eigenvalue weighted by Crippen LogP contribution is -2.26. The molecule has 1 aliphatic carbocycles. The smallest absolute Gasteiger partial charge is 0.298 e. The molecule has 0 aliphatic heterocycles. The van der Waals surface area contributed by atoms with Gasteiger partial charge in [-0.3, -0.25) is 19.7 Å². The van der Waals surface area contributed by atoms with Crippen molar-refractivity contribution in [2.75, 3.05) is 0 Å². The highest BCUT2D eigenvalue weighted by Gasteiger charge is 2.34. The first-order valence-electron chi connectivity index (χ1n) is 6.04. The summed E-state index contributed by atoms with van der Waals surface area (Å²) in [5.74, 6) is -1.15. The van der Waals surface area contributed by atoms with E-state index in [2.05, 4.69) is 8.75 Å². The van der Waals surface area contributed by atoms with E-state index in [4.69, 9.17) is 0 Å². The predicted octanol–water partition coefficient (Wildman–Crippen LogP) is 2.01. The highest BCUT2D eigenvalue weighted by Crippen LogP contribution is 2.34. The molecule has 0 bridgehead atoms. The Morgan fingerprint density at radius 1 is 1.15 bits per heavy atom. The SMILES string of the molecule is O=C1CCCC(=O)C1c1ccc([N+](=O)[O-])c2nsnc12. The van der Waals surface area contributed by atoms with Gasteiger partial charge in [-0.2, -0.15) is 8.75 Å². The number of hydrogen-bond acceptors (Lipinski definition) is 7. The Labute approximate surface area is 117 Å². The van der Waals surface area contributed by atoms with Crippen molar-refractivity contribution in [1.29, 1.82) is 0 Å². The molecular weight excluding hydrogens is 282 g/mol. The van der Waals surface area contributed by atoms with Gasteiger partial charge in [-0.05, 0) is 18.1 Å². The van der Waals surface area contributed by atoms with E-state index >= 15 is 0 Å². The molecule has 1 aliphatic rings. The third-order valence-electron chi connectivity index (χ3n) is 3.42. The van der Waals surface area contributed by atoms with Gasteiger partial charge in [-0.25, -0.2) is 0 Å². The maximum atomic E-state index is 12.0. The molecule has 1 fully saturated rings. The van der Waals surface area contributed by atoms with Gasteiger partial charge in [0.15, 0.2) is 5.52 Å². The van der Waals surface area contributed by atoms with E-state index in [0.717, 1.165) is 11.7 Å². The first-order chi connectivity index (χ1) is 9.59. The zero-order chi connectivity index (χ0) is 14.3. The molecule has 102 valence electrons. The topological polar surface area (TPSA) is 103 Å². The molecule has 0 atom stereocenters. The fourth-order valence-electron chi connectivity index (χ4n) is 2.50. The predicted molar refractivity (Wildman–Crippen MR) is 70.7 cm³/mol. The van der Waals surface area contributed by atoms with E-state index in [0.29, 0.717) is 24.8 Å². The second-order valence-corrected chi connectivity index (χ2v) is 5.14. The van der Waals surface area contributed by atoms with Crippen LogP contribution in [0.2, 0.25) is 0 Å². The van der Waals surface area contributed by atoms with Crippen LogP contribution in [0.25, 0.3) is 11.0 Å². The highest BCUT2D eigenvalue weighted by molar-refractivity contribution is 7.00. The van der Waals surface area contributed by atoms with Gasteiger partial charge in [-0.15, -0.1) is 0 Å². The molecule has 8 heteroatoms. The lowest BCUT2D eigenvalue weighted by Gasteiger charge is -2.19. The minimum Gasteiger partial charge on any atom is -0.299 e. The molecule has 0 radical (unpaired) electrons. The first-order valence-corrected chi connectivity index (χ1v) is 6.77. The van der Waals surface area contributed by atoms with Crippen LogP contribution in [0.4, 0.5) is 5.69 Å². The van der Waals surface area contributed by atoms with E-state index < -0.39 is 10.8 Å². The Morgan fingerprint density at radius 2 is 1.80 bits per heavy atom. The molecule has 0 saturated heterocycles. The van der Waals surface area contributed by atoms with Crippen molar-refractivity contribution < 1.29 is 14.5 Å². The largest absolute Gasteiger partial charge is 0.299 e. The van der Waals surface area contributed by atoms with Gasteiger partial charge in [0.1, 0.15) is 23.0 Å². The number of nitrogens with zero attached hydrogens (tertiary/aromatic N) is 3. The van der Waals surface area contributed by atoms with Crippen LogP contribution in [-0.4, -0.2) is 25.2 Å². The van der Waals surface area contributed by atoms with Gasteiger partial charge < -0.3 is 0 Å². The summed E-state index contributed by atoms with van der Waals surface area (Å²) < 4.78 is 7.94. The van der Waals surface area contributed by atoms with Crippen molar-refractivity contribution in [3.05, 3.63) is 27.8 Å². The molecule has 1 aromatic heterocycles. The van der Waals surface area contributed by atoms with Crippen LogP contribution in [0.15, 0.2) is 12.1 Å². The van der Waals surface area contributed by atoms with Gasteiger partial charge in [-0.1, -0.05) is 0 Å². The normalized spacial score (nSPS) is 16.8. The van der Waals surface area contributed by atoms with Crippen molar-refractivity contribution in [3.63, 3.8) is 0 Å². The number of fused-ring (bicyclic) bond motifs is 1. The summed E-state index contributed by atoms with van der Waals surface area (Å²) in [5.41, 5.74) is 0.712. The Morgan fingerprint density at radius 3 is 2.45 bits per heavy atom. The molecule has 20 heavy (non-hydrogen) atoms. The third kappa shape index (κ3) is 1.88. The molecule has 0 unspecified atom stereocenters. The monoisotopic (exact) mass is 291 g/mol. The van der Waals surface area contributed by atoms with Gasteiger partial charge in [0, 0.05) is 18.9 Å². The van der Waals surface area contributed by atoms with Crippen LogP contribution in [-0.2, 0) is 9.59 Å². The Bertz CT molecular complexity index is 723. The van der Waals surface area contributed by atoms with E-state index in [1.54, 1.807) is 0 Å². The van der Waals surface area contributed by atoms with Crippen LogP contribution in [0.1, 0.15) is 30.7 Å². The molecular formula is C12H9N3O4S. The zero-order valence-electron chi connectivity index (χ0n) is 10.2. The van der Waals surface area contributed by atoms with Crippen molar-refractivity contribution in [1.82, 2.24) is 8.75 Å². The molecule has 0 spiro atoms. The van der Waals surface area contributed by atoms with Crippen molar-refractivity contribution in [3.8, 4) is 0 Å². The van der Waals surface area contributed by atoms with Crippen LogP contribution in [0.3, 0.4) is 0 Å². The number of nitro groups is 1. The lowest BCUT2D eigenvalue weighted by molar-refractivity contribution is -0.383. The second kappa shape index (κ2) is 4.71. The fraction of sp³-hybridized carbons (Fsp3) is 0.333. The minimum absolute atomic E-state index is 0.142. The molecule has 1 heterocycles. The summed E-state index contributed by atoms with van der Waals surface area (Å²) in [5, 5.41) is 10.9. The molecule has 0 amide bonds. The number of rotatable bonds is 2. The number of hydrogen-bond donors (Lipinski definition) is 0. The number of nitro benzene ring substituents is 1. The summed E-state index contributed by atoms with van der Waals surface area (Å²) in [7, 11) is 0. The Balaban J connectivity index is 2.20. The molecule has 1 aromatic carbocycles. The average Bonchev–Trinajstić information content (AvgIpc) is 2.87. The van der Waals surface area contributed by atoms with Crippen molar-refractivity contribution >= 4 is 40.0 Å². The first kappa shape index (κ1) is 12.8. The maximum Gasteiger partial charge on any atom is 0.298 e. The van der Waals surface area contributed by atoms with E-state index in [9.17, 15) is 19.7 Å². The molecule has 3 rings (SSSR count). The van der Waals surface area contributed by atoms with Crippen LogP contribution in [0, 0.1) is 10.1 Å². The summed E-state index contributed by atoms with van der Waals surface area (Å²) in [6.45, 7) is 0.